The molecule has 1 saturated heterocycles. The van der Waals surface area contributed by atoms with Crippen molar-refractivity contribution in [3.8, 4) is 0 Å². The fourth-order valence-electron chi connectivity index (χ4n) is 2.77. The molecule has 0 spiro atoms. The molecule has 2 unspecified atom stereocenters. The summed E-state index contributed by atoms with van der Waals surface area (Å²) in [7, 11) is 1.96. The van der Waals surface area contributed by atoms with Crippen molar-refractivity contribution in [2.24, 2.45) is 13.0 Å². The van der Waals surface area contributed by atoms with Crippen molar-refractivity contribution in [1.82, 2.24) is 9.78 Å². The first-order valence-electron chi connectivity index (χ1n) is 7.29. The summed E-state index contributed by atoms with van der Waals surface area (Å²) in [6, 6.07) is 2.11. The topological polar surface area (TPSA) is 47.3 Å². The predicted molar refractivity (Wildman–Crippen MR) is 75.1 cm³/mol. The van der Waals surface area contributed by atoms with E-state index in [2.05, 4.69) is 31.9 Å². The third-order valence-corrected chi connectivity index (χ3v) is 4.12. The van der Waals surface area contributed by atoms with Crippen LogP contribution < -0.4 is 0 Å². The molecule has 2 rings (SSSR count). The van der Waals surface area contributed by atoms with E-state index in [1.165, 1.54) is 0 Å². The number of hydrogen-bond donors (Lipinski definition) is 1. The highest BCUT2D eigenvalue weighted by Gasteiger charge is 2.37. The molecule has 19 heavy (non-hydrogen) atoms. The Morgan fingerprint density at radius 1 is 1.58 bits per heavy atom. The highest BCUT2D eigenvalue weighted by Crippen LogP contribution is 2.31. The predicted octanol–water partition coefficient (Wildman–Crippen LogP) is 2.09. The Bertz CT molecular complexity index is 428. The zero-order valence-corrected chi connectivity index (χ0v) is 12.5. The Balaban J connectivity index is 2.09. The van der Waals surface area contributed by atoms with Crippen molar-refractivity contribution in [3.63, 3.8) is 0 Å². The van der Waals surface area contributed by atoms with Crippen LogP contribution >= 0.6 is 0 Å². The van der Waals surface area contributed by atoms with Gasteiger partial charge in [-0.1, -0.05) is 20.8 Å². The second-order valence-corrected chi connectivity index (χ2v) is 6.11. The summed E-state index contributed by atoms with van der Waals surface area (Å²) >= 11 is 0. The highest BCUT2D eigenvalue weighted by atomic mass is 16.5. The zero-order valence-electron chi connectivity index (χ0n) is 12.5. The molecule has 108 valence electrons. The van der Waals surface area contributed by atoms with E-state index in [0.29, 0.717) is 25.4 Å². The monoisotopic (exact) mass is 266 g/mol. The molecule has 0 saturated carbocycles. The Kier molecular flexibility index (Phi) is 4.31. The van der Waals surface area contributed by atoms with Crippen molar-refractivity contribution in [3.05, 3.63) is 17.5 Å². The summed E-state index contributed by atoms with van der Waals surface area (Å²) in [6.07, 6.45) is 3.20. The minimum absolute atomic E-state index is 0.164. The molecular formula is C15H26N2O2. The molecule has 0 aromatic carbocycles. The summed E-state index contributed by atoms with van der Waals surface area (Å²) in [4.78, 5) is 0. The van der Waals surface area contributed by atoms with Crippen molar-refractivity contribution in [2.45, 2.75) is 58.2 Å². The lowest BCUT2D eigenvalue weighted by Gasteiger charge is -2.38. The van der Waals surface area contributed by atoms with Crippen LogP contribution in [0.2, 0.25) is 0 Å². The molecule has 0 aliphatic carbocycles. The van der Waals surface area contributed by atoms with Gasteiger partial charge in [0, 0.05) is 32.2 Å². The fourth-order valence-corrected chi connectivity index (χ4v) is 2.77. The van der Waals surface area contributed by atoms with Gasteiger partial charge in [-0.3, -0.25) is 4.68 Å². The molecule has 0 radical (unpaired) electrons. The van der Waals surface area contributed by atoms with Gasteiger partial charge in [0.2, 0.25) is 0 Å². The Hall–Kier alpha value is -0.870. The van der Waals surface area contributed by atoms with E-state index in [-0.39, 0.29) is 6.10 Å². The number of aryl methyl sites for hydroxylation is 2. The van der Waals surface area contributed by atoms with E-state index in [9.17, 15) is 5.11 Å². The molecule has 1 aliphatic rings. The van der Waals surface area contributed by atoms with Crippen LogP contribution in [-0.2, 0) is 24.6 Å². The molecule has 4 nitrogen and oxygen atoms in total. The summed E-state index contributed by atoms with van der Waals surface area (Å²) < 4.78 is 7.65. The van der Waals surface area contributed by atoms with E-state index >= 15 is 0 Å². The van der Waals surface area contributed by atoms with E-state index in [0.717, 1.165) is 24.2 Å². The van der Waals surface area contributed by atoms with Crippen LogP contribution in [0.1, 0.15) is 45.0 Å². The molecule has 4 heteroatoms. The van der Waals surface area contributed by atoms with Crippen molar-refractivity contribution in [1.29, 1.82) is 0 Å². The van der Waals surface area contributed by atoms with Gasteiger partial charge in [-0.2, -0.15) is 5.10 Å². The summed E-state index contributed by atoms with van der Waals surface area (Å²) in [5.74, 6) is 0.449. The Labute approximate surface area is 115 Å². The van der Waals surface area contributed by atoms with Crippen molar-refractivity contribution in [2.75, 3.05) is 6.61 Å². The SMILES string of the molecule is CCc1cc(CC2(O)CCOC(C(C)C)C2)n(C)n1. The second-order valence-electron chi connectivity index (χ2n) is 6.11. The quantitative estimate of drug-likeness (QED) is 0.907. The van der Waals surface area contributed by atoms with Gasteiger partial charge in [0.15, 0.2) is 0 Å². The Morgan fingerprint density at radius 2 is 2.32 bits per heavy atom. The standard InChI is InChI=1S/C15H26N2O2/c1-5-12-8-13(17(4)16-12)9-15(18)6-7-19-14(10-15)11(2)3/h8,11,14,18H,5-7,9-10H2,1-4H3. The van der Waals surface area contributed by atoms with Crippen LogP contribution in [0.4, 0.5) is 0 Å². The lowest BCUT2D eigenvalue weighted by molar-refractivity contribution is -0.117. The zero-order chi connectivity index (χ0) is 14.0. The van der Waals surface area contributed by atoms with Crippen molar-refractivity contribution >= 4 is 0 Å². The average molecular weight is 266 g/mol. The maximum atomic E-state index is 10.8. The normalized spacial score (nSPS) is 28.0. The molecule has 0 amide bonds. The molecular weight excluding hydrogens is 240 g/mol. The van der Waals surface area contributed by atoms with Crippen LogP contribution in [0.3, 0.4) is 0 Å². The first kappa shape index (κ1) is 14.5. The average Bonchev–Trinajstić information content (AvgIpc) is 2.69. The first-order valence-corrected chi connectivity index (χ1v) is 7.29. The smallest absolute Gasteiger partial charge is 0.0749 e. The van der Waals surface area contributed by atoms with Crippen LogP contribution in [0.25, 0.3) is 0 Å². The van der Waals surface area contributed by atoms with Gasteiger partial charge in [0.25, 0.3) is 0 Å². The van der Waals surface area contributed by atoms with E-state index in [4.69, 9.17) is 4.74 Å². The minimum atomic E-state index is -0.647. The Morgan fingerprint density at radius 3 is 2.89 bits per heavy atom. The van der Waals surface area contributed by atoms with Crippen LogP contribution in [0.5, 0.6) is 0 Å². The molecule has 1 aromatic rings. The summed E-state index contributed by atoms with van der Waals surface area (Å²) in [6.45, 7) is 7.05. The van der Waals surface area contributed by atoms with Crippen LogP contribution in [0.15, 0.2) is 6.07 Å². The number of hydrogen-bond acceptors (Lipinski definition) is 3. The molecule has 2 heterocycles. The first-order chi connectivity index (χ1) is 8.93. The molecule has 1 aromatic heterocycles. The summed E-state index contributed by atoms with van der Waals surface area (Å²) in [5.41, 5.74) is 1.56. The number of aromatic nitrogens is 2. The lowest BCUT2D eigenvalue weighted by Crippen LogP contribution is -2.44. The van der Waals surface area contributed by atoms with Gasteiger partial charge in [-0.05, 0) is 24.8 Å². The van der Waals surface area contributed by atoms with Crippen LogP contribution in [-0.4, -0.2) is 33.2 Å². The third-order valence-electron chi connectivity index (χ3n) is 4.12. The van der Waals surface area contributed by atoms with Gasteiger partial charge in [-0.15, -0.1) is 0 Å². The third kappa shape index (κ3) is 3.37. The maximum absolute atomic E-state index is 10.8. The molecule has 1 aliphatic heterocycles. The largest absolute Gasteiger partial charge is 0.389 e. The molecule has 2 atom stereocenters. The summed E-state index contributed by atoms with van der Waals surface area (Å²) in [5, 5.41) is 15.3. The number of rotatable bonds is 4. The van der Waals surface area contributed by atoms with Crippen LogP contribution in [0, 0.1) is 5.92 Å². The minimum Gasteiger partial charge on any atom is -0.389 e. The lowest BCUT2D eigenvalue weighted by atomic mass is 9.83. The highest BCUT2D eigenvalue weighted by molar-refractivity contribution is 5.13. The van der Waals surface area contributed by atoms with E-state index in [1.54, 1.807) is 0 Å². The van der Waals surface area contributed by atoms with Gasteiger partial charge in [-0.25, -0.2) is 0 Å². The molecule has 0 bridgehead atoms. The van der Waals surface area contributed by atoms with Gasteiger partial charge >= 0.3 is 0 Å². The van der Waals surface area contributed by atoms with Gasteiger partial charge in [0.1, 0.15) is 0 Å². The van der Waals surface area contributed by atoms with E-state index in [1.807, 2.05) is 11.7 Å². The van der Waals surface area contributed by atoms with Gasteiger partial charge in [0.05, 0.1) is 17.4 Å². The second kappa shape index (κ2) is 5.63. The molecule has 1 N–H and O–H groups in total. The molecule has 1 fully saturated rings. The van der Waals surface area contributed by atoms with Crippen molar-refractivity contribution < 1.29 is 9.84 Å². The number of ether oxygens (including phenoxy) is 1. The maximum Gasteiger partial charge on any atom is 0.0749 e. The number of nitrogens with zero attached hydrogens (tertiary/aromatic N) is 2. The fraction of sp³-hybridized carbons (Fsp3) is 0.800. The van der Waals surface area contributed by atoms with Gasteiger partial charge < -0.3 is 9.84 Å². The van der Waals surface area contributed by atoms with E-state index < -0.39 is 5.60 Å². The number of aliphatic hydroxyl groups is 1.